The molecule has 0 aromatic carbocycles. The highest BCUT2D eigenvalue weighted by molar-refractivity contribution is 7.89. The van der Waals surface area contributed by atoms with Crippen molar-refractivity contribution in [2.24, 2.45) is 0 Å². The number of aliphatic hydroxyl groups is 1. The van der Waals surface area contributed by atoms with Gasteiger partial charge in [-0.15, -0.1) is 0 Å². The molecule has 1 heterocycles. The van der Waals surface area contributed by atoms with Gasteiger partial charge < -0.3 is 14.8 Å². The van der Waals surface area contributed by atoms with Gasteiger partial charge in [0.1, 0.15) is 5.76 Å². The fourth-order valence-corrected chi connectivity index (χ4v) is 2.33. The summed E-state index contributed by atoms with van der Waals surface area (Å²) < 4.78 is 31.3. The first kappa shape index (κ1) is 16.2. The van der Waals surface area contributed by atoms with Gasteiger partial charge in [0.2, 0.25) is 5.09 Å². The average molecular weight is 290 g/mol. The van der Waals surface area contributed by atoms with Crippen molar-refractivity contribution in [3.05, 3.63) is 17.9 Å². The van der Waals surface area contributed by atoms with Crippen molar-refractivity contribution < 1.29 is 17.9 Å². The minimum atomic E-state index is -3.62. The minimum absolute atomic E-state index is 0.0541. The van der Waals surface area contributed by atoms with E-state index in [0.29, 0.717) is 18.7 Å². The number of hydrogen-bond donors (Lipinski definition) is 3. The number of rotatable bonds is 7. The minimum Gasteiger partial charge on any atom is -0.447 e. The standard InChI is InChI=1S/C12H22N2O4S/c1-12(2,3)13-9-10-5-6-11(18-10)19(16,17)14-7-4-8-15/h5-6,13-15H,4,7-9H2,1-3H3. The van der Waals surface area contributed by atoms with Gasteiger partial charge in [0.05, 0.1) is 6.54 Å². The monoisotopic (exact) mass is 290 g/mol. The second-order valence-corrected chi connectivity index (χ2v) is 7.00. The predicted molar refractivity (Wildman–Crippen MR) is 72.2 cm³/mol. The van der Waals surface area contributed by atoms with Crippen LogP contribution >= 0.6 is 0 Å². The molecule has 0 aliphatic rings. The molecule has 1 rings (SSSR count). The molecule has 110 valence electrons. The molecule has 0 unspecified atom stereocenters. The van der Waals surface area contributed by atoms with Crippen LogP contribution in [0, 0.1) is 0 Å². The first-order valence-electron chi connectivity index (χ1n) is 6.19. The Morgan fingerprint density at radius 3 is 2.58 bits per heavy atom. The Balaban J connectivity index is 2.63. The van der Waals surface area contributed by atoms with Gasteiger partial charge in [0, 0.05) is 18.7 Å². The Labute approximate surface area is 114 Å². The molecule has 3 N–H and O–H groups in total. The van der Waals surface area contributed by atoms with E-state index in [1.54, 1.807) is 6.07 Å². The maximum Gasteiger partial charge on any atom is 0.273 e. The molecule has 6 nitrogen and oxygen atoms in total. The van der Waals surface area contributed by atoms with Crippen molar-refractivity contribution in [2.75, 3.05) is 13.2 Å². The maximum atomic E-state index is 11.8. The molecule has 0 radical (unpaired) electrons. The summed E-state index contributed by atoms with van der Waals surface area (Å²) in [7, 11) is -3.62. The average Bonchev–Trinajstić information content (AvgIpc) is 2.75. The number of aliphatic hydroxyl groups excluding tert-OH is 1. The highest BCUT2D eigenvalue weighted by Gasteiger charge is 2.18. The highest BCUT2D eigenvalue weighted by Crippen LogP contribution is 2.14. The molecule has 0 saturated heterocycles. The highest BCUT2D eigenvalue weighted by atomic mass is 32.2. The van der Waals surface area contributed by atoms with Gasteiger partial charge in [-0.25, -0.2) is 13.1 Å². The van der Waals surface area contributed by atoms with Crippen LogP contribution < -0.4 is 10.0 Å². The Hall–Kier alpha value is -0.890. The third kappa shape index (κ3) is 5.73. The maximum absolute atomic E-state index is 11.8. The van der Waals surface area contributed by atoms with Crippen molar-refractivity contribution in [3.8, 4) is 0 Å². The number of hydrogen-bond acceptors (Lipinski definition) is 5. The summed E-state index contributed by atoms with van der Waals surface area (Å²) >= 11 is 0. The number of sulfonamides is 1. The summed E-state index contributed by atoms with van der Waals surface area (Å²) in [6.45, 7) is 6.66. The van der Waals surface area contributed by atoms with Crippen LogP contribution in [-0.4, -0.2) is 32.2 Å². The summed E-state index contributed by atoms with van der Waals surface area (Å²) in [6.07, 6.45) is 0.373. The Morgan fingerprint density at radius 1 is 1.32 bits per heavy atom. The van der Waals surface area contributed by atoms with Crippen molar-refractivity contribution >= 4 is 10.0 Å². The lowest BCUT2D eigenvalue weighted by Crippen LogP contribution is -2.34. The third-order valence-electron chi connectivity index (χ3n) is 2.32. The van der Waals surface area contributed by atoms with E-state index in [9.17, 15) is 8.42 Å². The lowest BCUT2D eigenvalue weighted by molar-refractivity contribution is 0.289. The zero-order valence-electron chi connectivity index (χ0n) is 11.6. The van der Waals surface area contributed by atoms with Gasteiger partial charge in [-0.3, -0.25) is 0 Å². The van der Waals surface area contributed by atoms with E-state index in [1.807, 2.05) is 20.8 Å². The Morgan fingerprint density at radius 2 is 2.00 bits per heavy atom. The zero-order chi connectivity index (χ0) is 14.5. The fraction of sp³-hybridized carbons (Fsp3) is 0.667. The molecule has 7 heteroatoms. The van der Waals surface area contributed by atoms with Gasteiger partial charge in [-0.05, 0) is 39.3 Å². The molecular weight excluding hydrogens is 268 g/mol. The zero-order valence-corrected chi connectivity index (χ0v) is 12.4. The van der Waals surface area contributed by atoms with Crippen LogP contribution in [0.25, 0.3) is 0 Å². The quantitative estimate of drug-likeness (QED) is 0.647. The molecule has 0 amide bonds. The van der Waals surface area contributed by atoms with E-state index in [1.165, 1.54) is 6.07 Å². The second kappa shape index (κ2) is 6.51. The molecule has 0 aliphatic carbocycles. The second-order valence-electron chi connectivity index (χ2n) is 5.30. The first-order chi connectivity index (χ1) is 8.74. The van der Waals surface area contributed by atoms with Gasteiger partial charge >= 0.3 is 0 Å². The van der Waals surface area contributed by atoms with Crippen molar-refractivity contribution in [1.82, 2.24) is 10.0 Å². The van der Waals surface area contributed by atoms with Crippen LogP contribution in [0.1, 0.15) is 33.0 Å². The topological polar surface area (TPSA) is 91.6 Å². The van der Waals surface area contributed by atoms with E-state index >= 15 is 0 Å². The third-order valence-corrected chi connectivity index (χ3v) is 3.66. The summed E-state index contributed by atoms with van der Waals surface area (Å²) in [5.41, 5.74) is -0.0643. The fourth-order valence-electron chi connectivity index (χ4n) is 1.31. The molecule has 1 aromatic rings. The van der Waals surface area contributed by atoms with E-state index < -0.39 is 10.0 Å². The van der Waals surface area contributed by atoms with Crippen LogP contribution in [0.2, 0.25) is 0 Å². The van der Waals surface area contributed by atoms with E-state index in [2.05, 4.69) is 10.0 Å². The SMILES string of the molecule is CC(C)(C)NCc1ccc(S(=O)(=O)NCCCO)o1. The van der Waals surface area contributed by atoms with Gasteiger partial charge in [0.25, 0.3) is 10.0 Å². The molecule has 19 heavy (non-hydrogen) atoms. The van der Waals surface area contributed by atoms with E-state index in [4.69, 9.17) is 9.52 Å². The van der Waals surface area contributed by atoms with E-state index in [-0.39, 0.29) is 23.8 Å². The molecule has 0 bridgehead atoms. The van der Waals surface area contributed by atoms with Crippen LogP contribution in [0.5, 0.6) is 0 Å². The summed E-state index contributed by atoms with van der Waals surface area (Å²) in [6, 6.07) is 3.07. The molecule has 0 fully saturated rings. The van der Waals surface area contributed by atoms with Crippen LogP contribution in [0.4, 0.5) is 0 Å². The number of nitrogens with one attached hydrogen (secondary N) is 2. The van der Waals surface area contributed by atoms with Crippen LogP contribution in [0.3, 0.4) is 0 Å². The summed E-state index contributed by atoms with van der Waals surface area (Å²) in [4.78, 5) is 0. The van der Waals surface area contributed by atoms with E-state index in [0.717, 1.165) is 0 Å². The molecular formula is C12H22N2O4S. The van der Waals surface area contributed by atoms with Crippen molar-refractivity contribution in [1.29, 1.82) is 0 Å². The summed E-state index contributed by atoms with van der Waals surface area (Å²) in [5.74, 6) is 0.567. The molecule has 0 atom stereocenters. The lowest BCUT2D eigenvalue weighted by Gasteiger charge is -2.19. The number of furan rings is 1. The molecule has 0 saturated carbocycles. The smallest absolute Gasteiger partial charge is 0.273 e. The molecule has 0 aliphatic heterocycles. The molecule has 1 aromatic heterocycles. The van der Waals surface area contributed by atoms with Gasteiger partial charge in [-0.2, -0.15) is 0 Å². The molecule has 0 spiro atoms. The van der Waals surface area contributed by atoms with Crippen LogP contribution in [-0.2, 0) is 16.6 Å². The van der Waals surface area contributed by atoms with Crippen LogP contribution in [0.15, 0.2) is 21.6 Å². The van der Waals surface area contributed by atoms with Gasteiger partial charge in [-0.1, -0.05) is 0 Å². The summed E-state index contributed by atoms with van der Waals surface area (Å²) in [5, 5.41) is 11.7. The lowest BCUT2D eigenvalue weighted by atomic mass is 10.1. The van der Waals surface area contributed by atoms with Gasteiger partial charge in [0.15, 0.2) is 0 Å². The van der Waals surface area contributed by atoms with Crippen molar-refractivity contribution in [2.45, 2.75) is 44.4 Å². The normalized spacial score (nSPS) is 12.8. The Bertz CT molecular complexity index is 488. The Kier molecular flexibility index (Phi) is 5.54. The largest absolute Gasteiger partial charge is 0.447 e. The first-order valence-corrected chi connectivity index (χ1v) is 7.67. The predicted octanol–water partition coefficient (Wildman–Crippen LogP) is 0.828. The van der Waals surface area contributed by atoms with Crippen molar-refractivity contribution in [3.63, 3.8) is 0 Å².